The Balaban J connectivity index is 2.68. The Morgan fingerprint density at radius 3 is 2.68 bits per heavy atom. The maximum absolute atomic E-state index is 13.1. The minimum atomic E-state index is -4.50. The molecule has 1 aromatic carbocycles. The number of fused-ring (bicyclic) bond motifs is 1. The van der Waals surface area contributed by atoms with Gasteiger partial charge >= 0.3 is 6.18 Å². The summed E-state index contributed by atoms with van der Waals surface area (Å²) >= 11 is 0. The summed E-state index contributed by atoms with van der Waals surface area (Å²) in [6, 6.07) is 3.43. The number of benzene rings is 1. The topological polar surface area (TPSA) is 46.3 Å². The summed E-state index contributed by atoms with van der Waals surface area (Å²) in [4.78, 5) is 12.8. The molecule has 1 unspecified atom stereocenters. The fourth-order valence-corrected chi connectivity index (χ4v) is 2.44. The predicted molar refractivity (Wildman–Crippen MR) is 65.6 cm³/mol. The van der Waals surface area contributed by atoms with Crippen molar-refractivity contribution < 1.29 is 18.0 Å². The molecule has 0 aliphatic carbocycles. The number of carbonyl (C=O) groups is 1. The van der Waals surface area contributed by atoms with Crippen LogP contribution in [0.1, 0.15) is 36.9 Å². The van der Waals surface area contributed by atoms with Crippen LogP contribution in [-0.2, 0) is 11.0 Å². The summed E-state index contributed by atoms with van der Waals surface area (Å²) in [7, 11) is 0. The van der Waals surface area contributed by atoms with Crippen molar-refractivity contribution >= 4 is 11.6 Å². The summed E-state index contributed by atoms with van der Waals surface area (Å²) in [6.07, 6.45) is -3.34. The second-order valence-electron chi connectivity index (χ2n) is 4.66. The lowest BCUT2D eigenvalue weighted by molar-refractivity contribution is -0.137. The molecule has 0 radical (unpaired) electrons. The first-order valence-electron chi connectivity index (χ1n) is 6.06. The van der Waals surface area contributed by atoms with Crippen molar-refractivity contribution in [1.29, 1.82) is 0 Å². The Bertz CT molecular complexity index is 499. The van der Waals surface area contributed by atoms with Crippen molar-refractivity contribution in [2.75, 3.05) is 11.4 Å². The maximum Gasteiger partial charge on any atom is 0.418 e. The highest BCUT2D eigenvalue weighted by Crippen LogP contribution is 2.42. The van der Waals surface area contributed by atoms with Crippen molar-refractivity contribution in [3.8, 4) is 0 Å². The first kappa shape index (κ1) is 13.9. The van der Waals surface area contributed by atoms with Gasteiger partial charge in [-0.2, -0.15) is 13.2 Å². The van der Waals surface area contributed by atoms with E-state index in [0.29, 0.717) is 18.4 Å². The summed E-state index contributed by atoms with van der Waals surface area (Å²) in [6.45, 7) is 1.54. The highest BCUT2D eigenvalue weighted by molar-refractivity contribution is 5.93. The van der Waals surface area contributed by atoms with Gasteiger partial charge in [0.15, 0.2) is 0 Å². The fourth-order valence-electron chi connectivity index (χ4n) is 2.44. The van der Waals surface area contributed by atoms with E-state index in [0.717, 1.165) is 6.07 Å². The first-order valence-corrected chi connectivity index (χ1v) is 6.06. The molecule has 104 valence electrons. The molecule has 1 aliphatic rings. The van der Waals surface area contributed by atoms with E-state index in [1.807, 2.05) is 0 Å². The molecule has 2 rings (SSSR count). The molecular weight excluding hydrogens is 257 g/mol. The number of para-hydroxylation sites is 1. The van der Waals surface area contributed by atoms with Gasteiger partial charge in [-0.05, 0) is 24.5 Å². The first-order chi connectivity index (χ1) is 8.82. The minimum Gasteiger partial charge on any atom is -0.324 e. The second-order valence-corrected chi connectivity index (χ2v) is 4.66. The van der Waals surface area contributed by atoms with Crippen LogP contribution in [0.4, 0.5) is 18.9 Å². The van der Waals surface area contributed by atoms with Crippen LogP contribution in [-0.4, -0.2) is 12.5 Å². The molecule has 0 aromatic heterocycles. The summed E-state index contributed by atoms with van der Waals surface area (Å²) in [5, 5.41) is 0. The third kappa shape index (κ3) is 2.58. The molecule has 1 atom stereocenters. The van der Waals surface area contributed by atoms with Crippen molar-refractivity contribution in [2.45, 2.75) is 32.0 Å². The molecule has 19 heavy (non-hydrogen) atoms. The molecule has 0 fully saturated rings. The van der Waals surface area contributed by atoms with Crippen LogP contribution < -0.4 is 10.6 Å². The van der Waals surface area contributed by atoms with Gasteiger partial charge in [0.1, 0.15) is 0 Å². The highest BCUT2D eigenvalue weighted by atomic mass is 19.4. The van der Waals surface area contributed by atoms with Gasteiger partial charge in [0.05, 0.1) is 11.3 Å². The predicted octanol–water partition coefficient (Wildman–Crippen LogP) is 2.85. The third-order valence-electron chi connectivity index (χ3n) is 3.32. The van der Waals surface area contributed by atoms with Crippen molar-refractivity contribution in [3.63, 3.8) is 0 Å². The zero-order valence-corrected chi connectivity index (χ0v) is 10.5. The lowest BCUT2D eigenvalue weighted by Crippen LogP contribution is -2.31. The van der Waals surface area contributed by atoms with Crippen LogP contribution in [0.5, 0.6) is 0 Å². The number of nitrogens with two attached hydrogens (primary N) is 1. The van der Waals surface area contributed by atoms with E-state index in [2.05, 4.69) is 0 Å². The van der Waals surface area contributed by atoms with Crippen LogP contribution in [0.25, 0.3) is 0 Å². The van der Waals surface area contributed by atoms with Crippen molar-refractivity contribution in [3.05, 3.63) is 29.3 Å². The van der Waals surface area contributed by atoms with Crippen molar-refractivity contribution in [1.82, 2.24) is 0 Å². The lowest BCUT2D eigenvalue weighted by atomic mass is 9.99. The average Bonchev–Trinajstić information content (AvgIpc) is 2.47. The normalized spacial score (nSPS) is 19.8. The Morgan fingerprint density at radius 2 is 2.11 bits per heavy atom. The molecule has 1 amide bonds. The van der Waals surface area contributed by atoms with Crippen LogP contribution >= 0.6 is 0 Å². The van der Waals surface area contributed by atoms with Gasteiger partial charge in [-0.3, -0.25) is 4.79 Å². The van der Waals surface area contributed by atoms with Crippen LogP contribution in [0.15, 0.2) is 18.2 Å². The molecular formula is C13H15F3N2O. The number of hydrogen-bond acceptors (Lipinski definition) is 2. The number of hydrogen-bond donors (Lipinski definition) is 1. The number of carbonyl (C=O) groups excluding carboxylic acids is 1. The van der Waals surface area contributed by atoms with Gasteiger partial charge in [-0.1, -0.05) is 12.1 Å². The SMILES string of the molecule is CC(=O)N1CCCC(N)c2cccc(C(F)(F)F)c21. The summed E-state index contributed by atoms with van der Waals surface area (Å²) in [5.74, 6) is -0.396. The molecule has 0 spiro atoms. The zero-order chi connectivity index (χ0) is 14.2. The highest BCUT2D eigenvalue weighted by Gasteiger charge is 2.38. The van der Waals surface area contributed by atoms with E-state index in [1.54, 1.807) is 6.07 Å². The monoisotopic (exact) mass is 272 g/mol. The number of halogens is 3. The van der Waals surface area contributed by atoms with E-state index in [4.69, 9.17) is 5.73 Å². The standard InChI is InChI=1S/C13H15F3N2O/c1-8(19)18-7-3-6-11(17)9-4-2-5-10(12(9)18)13(14,15)16/h2,4-5,11H,3,6-7,17H2,1H3. The molecule has 0 bridgehead atoms. The number of anilines is 1. The van der Waals surface area contributed by atoms with E-state index in [-0.39, 0.29) is 12.2 Å². The zero-order valence-electron chi connectivity index (χ0n) is 10.5. The van der Waals surface area contributed by atoms with E-state index >= 15 is 0 Å². The van der Waals surface area contributed by atoms with Gasteiger partial charge in [0.2, 0.25) is 5.91 Å². The molecule has 1 aliphatic heterocycles. The molecule has 6 heteroatoms. The Morgan fingerprint density at radius 1 is 1.42 bits per heavy atom. The summed E-state index contributed by atoms with van der Waals surface area (Å²) in [5.41, 5.74) is 5.44. The largest absolute Gasteiger partial charge is 0.418 e. The minimum absolute atomic E-state index is 0.0764. The number of rotatable bonds is 0. The molecule has 1 aromatic rings. The average molecular weight is 272 g/mol. The molecule has 3 nitrogen and oxygen atoms in total. The summed E-state index contributed by atoms with van der Waals surface area (Å²) < 4.78 is 39.3. The van der Waals surface area contributed by atoms with Crippen LogP contribution in [0.3, 0.4) is 0 Å². The Hall–Kier alpha value is -1.56. The van der Waals surface area contributed by atoms with Crippen molar-refractivity contribution in [2.24, 2.45) is 5.73 Å². The number of amides is 1. The number of nitrogens with zero attached hydrogens (tertiary/aromatic N) is 1. The molecule has 0 saturated carbocycles. The molecule has 0 saturated heterocycles. The van der Waals surface area contributed by atoms with Crippen LogP contribution in [0, 0.1) is 0 Å². The fraction of sp³-hybridized carbons (Fsp3) is 0.462. The van der Waals surface area contributed by atoms with Gasteiger partial charge < -0.3 is 10.6 Å². The second kappa shape index (κ2) is 4.85. The smallest absolute Gasteiger partial charge is 0.324 e. The van der Waals surface area contributed by atoms with Gasteiger partial charge in [-0.15, -0.1) is 0 Å². The quantitative estimate of drug-likeness (QED) is 0.789. The Kier molecular flexibility index (Phi) is 3.54. The van der Waals surface area contributed by atoms with E-state index in [9.17, 15) is 18.0 Å². The lowest BCUT2D eigenvalue weighted by Gasteiger charge is -2.26. The van der Waals surface area contributed by atoms with Crippen LogP contribution in [0.2, 0.25) is 0 Å². The molecule has 1 heterocycles. The number of alkyl halides is 3. The van der Waals surface area contributed by atoms with E-state index in [1.165, 1.54) is 17.9 Å². The van der Waals surface area contributed by atoms with Gasteiger partial charge in [0.25, 0.3) is 0 Å². The van der Waals surface area contributed by atoms with E-state index < -0.39 is 23.7 Å². The van der Waals surface area contributed by atoms with Gasteiger partial charge in [-0.25, -0.2) is 0 Å². The Labute approximate surface area is 109 Å². The molecule has 2 N–H and O–H groups in total. The maximum atomic E-state index is 13.1. The third-order valence-corrected chi connectivity index (χ3v) is 3.32. The van der Waals surface area contributed by atoms with Gasteiger partial charge in [0, 0.05) is 19.5 Å².